The van der Waals surface area contributed by atoms with Gasteiger partial charge in [-0.3, -0.25) is 19.5 Å². The van der Waals surface area contributed by atoms with Crippen LogP contribution in [0.5, 0.6) is 0 Å². The molecule has 1 fully saturated rings. The maximum atomic E-state index is 13.5. The summed E-state index contributed by atoms with van der Waals surface area (Å²) in [6.45, 7) is 6.46. The maximum Gasteiger partial charge on any atom is 0.282 e. The van der Waals surface area contributed by atoms with Crippen molar-refractivity contribution in [2.45, 2.75) is 32.7 Å². The molecular weight excluding hydrogens is 416 g/mol. The van der Waals surface area contributed by atoms with E-state index in [-0.39, 0.29) is 23.0 Å². The highest BCUT2D eigenvalue weighted by Gasteiger charge is 2.26. The molecule has 0 spiro atoms. The lowest BCUT2D eigenvalue weighted by Gasteiger charge is -2.39. The normalized spacial score (nSPS) is 16.0. The van der Waals surface area contributed by atoms with Gasteiger partial charge < -0.3 is 9.88 Å². The smallest absolute Gasteiger partial charge is 0.282 e. The first kappa shape index (κ1) is 22.0. The van der Waals surface area contributed by atoms with E-state index < -0.39 is 6.43 Å². The Balaban J connectivity index is 1.50. The van der Waals surface area contributed by atoms with Crippen LogP contribution in [0.1, 0.15) is 53.6 Å². The minimum atomic E-state index is -2.75. The number of piperazine rings is 1. The number of halogens is 2. The highest BCUT2D eigenvalue weighted by atomic mass is 19.3. The summed E-state index contributed by atoms with van der Waals surface area (Å²) >= 11 is 0. The fourth-order valence-electron chi connectivity index (χ4n) is 4.17. The Kier molecular flexibility index (Phi) is 6.27. The second-order valence-electron chi connectivity index (χ2n) is 7.94. The van der Waals surface area contributed by atoms with Gasteiger partial charge in [-0.15, -0.1) is 0 Å². The lowest BCUT2D eigenvalue weighted by atomic mass is 10.1. The molecule has 1 atom stereocenters. The number of nitrogens with one attached hydrogen (secondary N) is 1. The number of pyridine rings is 3. The van der Waals surface area contributed by atoms with Crippen molar-refractivity contribution in [1.82, 2.24) is 19.9 Å². The van der Waals surface area contributed by atoms with Crippen LogP contribution < -0.4 is 10.5 Å². The molecule has 1 aliphatic heterocycles. The molecule has 0 radical (unpaired) electrons. The van der Waals surface area contributed by atoms with Crippen molar-refractivity contribution < 1.29 is 13.6 Å². The molecule has 1 N–H and O–H groups in total. The summed E-state index contributed by atoms with van der Waals surface area (Å²) in [6, 6.07) is 6.84. The molecule has 9 heteroatoms. The zero-order valence-corrected chi connectivity index (χ0v) is 18.0. The fraction of sp³-hybridized carbons (Fsp3) is 0.391. The number of carbonyl (C=O) groups excluding carboxylic acids is 1. The largest absolute Gasteiger partial charge is 0.367 e. The molecule has 4 rings (SSSR count). The van der Waals surface area contributed by atoms with Crippen molar-refractivity contribution >= 4 is 23.0 Å². The second-order valence-corrected chi connectivity index (χ2v) is 7.94. The monoisotopic (exact) mass is 441 g/mol. The van der Waals surface area contributed by atoms with Gasteiger partial charge in [0.15, 0.2) is 6.29 Å². The average Bonchev–Trinajstić information content (AvgIpc) is 2.82. The Morgan fingerprint density at radius 1 is 1.19 bits per heavy atom. The molecule has 1 unspecified atom stereocenters. The Labute approximate surface area is 184 Å². The Morgan fingerprint density at radius 2 is 1.94 bits per heavy atom. The Hall–Kier alpha value is -3.20. The lowest BCUT2D eigenvalue weighted by molar-refractivity contribution is 0.111. The number of aldehydes is 1. The highest BCUT2D eigenvalue weighted by molar-refractivity contribution is 5.75. The average molecular weight is 441 g/mol. The SMILES string of the molecule is CCc1cc2ncc(C(C)N3CCN(c4ccc(C=O)nc4C(F)F)CC3)cc2[nH]c1=O. The number of fused-ring (bicyclic) bond motifs is 1. The number of aryl methyl sites for hydroxylation is 1. The van der Waals surface area contributed by atoms with Crippen LogP contribution in [0, 0.1) is 0 Å². The summed E-state index contributed by atoms with van der Waals surface area (Å²) in [7, 11) is 0. The van der Waals surface area contributed by atoms with Crippen molar-refractivity contribution in [2.75, 3.05) is 31.1 Å². The van der Waals surface area contributed by atoms with Crippen molar-refractivity contribution in [3.63, 3.8) is 0 Å². The number of anilines is 1. The van der Waals surface area contributed by atoms with Gasteiger partial charge in [0, 0.05) is 44.0 Å². The van der Waals surface area contributed by atoms with E-state index in [1.165, 1.54) is 6.07 Å². The summed E-state index contributed by atoms with van der Waals surface area (Å²) in [5.74, 6) is 0. The van der Waals surface area contributed by atoms with Crippen molar-refractivity contribution in [2.24, 2.45) is 0 Å². The number of rotatable bonds is 6. The third kappa shape index (κ3) is 4.25. The second kappa shape index (κ2) is 9.12. The molecule has 3 aromatic heterocycles. The minimum Gasteiger partial charge on any atom is -0.367 e. The van der Waals surface area contributed by atoms with Gasteiger partial charge in [-0.05, 0) is 43.2 Å². The molecule has 7 nitrogen and oxygen atoms in total. The number of hydrogen-bond acceptors (Lipinski definition) is 6. The van der Waals surface area contributed by atoms with Gasteiger partial charge >= 0.3 is 0 Å². The first-order valence-corrected chi connectivity index (χ1v) is 10.7. The number of aromatic nitrogens is 3. The van der Waals surface area contributed by atoms with Gasteiger partial charge in [-0.1, -0.05) is 6.92 Å². The van der Waals surface area contributed by atoms with E-state index in [2.05, 4.69) is 26.8 Å². The molecule has 0 aromatic carbocycles. The predicted molar refractivity (Wildman–Crippen MR) is 119 cm³/mol. The van der Waals surface area contributed by atoms with Crippen molar-refractivity contribution in [3.05, 3.63) is 63.3 Å². The molecule has 0 amide bonds. The van der Waals surface area contributed by atoms with E-state index in [9.17, 15) is 18.4 Å². The number of alkyl halides is 2. The third-order valence-electron chi connectivity index (χ3n) is 6.11. The van der Waals surface area contributed by atoms with Crippen LogP contribution in [0.15, 0.2) is 35.3 Å². The summed E-state index contributed by atoms with van der Waals surface area (Å²) in [5, 5.41) is 0. The molecule has 0 bridgehead atoms. The third-order valence-corrected chi connectivity index (χ3v) is 6.11. The first-order chi connectivity index (χ1) is 15.4. The summed E-state index contributed by atoms with van der Waals surface area (Å²) in [6.07, 6.45) is 0.203. The van der Waals surface area contributed by atoms with Crippen LogP contribution in [0.25, 0.3) is 11.0 Å². The maximum absolute atomic E-state index is 13.5. The quantitative estimate of drug-likeness (QED) is 0.590. The van der Waals surface area contributed by atoms with Gasteiger partial charge in [-0.2, -0.15) is 0 Å². The van der Waals surface area contributed by atoms with E-state index in [1.54, 1.807) is 6.07 Å². The van der Waals surface area contributed by atoms with Crippen LogP contribution >= 0.6 is 0 Å². The summed E-state index contributed by atoms with van der Waals surface area (Å²) in [4.78, 5) is 38.4. The van der Waals surface area contributed by atoms with Gasteiger partial charge in [0.1, 0.15) is 11.4 Å². The number of hydrogen-bond donors (Lipinski definition) is 1. The highest BCUT2D eigenvalue weighted by Crippen LogP contribution is 2.30. The van der Waals surface area contributed by atoms with Crippen LogP contribution in [0.2, 0.25) is 0 Å². The van der Waals surface area contributed by atoms with Crippen LogP contribution in [-0.2, 0) is 6.42 Å². The van der Waals surface area contributed by atoms with Crippen LogP contribution in [0.3, 0.4) is 0 Å². The topological polar surface area (TPSA) is 82.2 Å². The zero-order chi connectivity index (χ0) is 22.8. The molecule has 4 heterocycles. The molecule has 0 saturated carbocycles. The Bertz CT molecular complexity index is 1190. The zero-order valence-electron chi connectivity index (χ0n) is 18.0. The van der Waals surface area contributed by atoms with Gasteiger partial charge in [0.05, 0.1) is 16.7 Å². The van der Waals surface area contributed by atoms with Gasteiger partial charge in [-0.25, -0.2) is 13.8 Å². The summed E-state index contributed by atoms with van der Waals surface area (Å²) < 4.78 is 27.0. The predicted octanol–water partition coefficient (Wildman–Crippen LogP) is 3.51. The fourth-order valence-corrected chi connectivity index (χ4v) is 4.17. The van der Waals surface area contributed by atoms with E-state index in [4.69, 9.17) is 0 Å². The minimum absolute atomic E-state index is 0.00390. The lowest BCUT2D eigenvalue weighted by Crippen LogP contribution is -2.47. The molecule has 1 aliphatic rings. The molecule has 0 aliphatic carbocycles. The molecular formula is C23H25F2N5O2. The van der Waals surface area contributed by atoms with E-state index in [1.807, 2.05) is 30.2 Å². The molecule has 3 aromatic rings. The molecule has 168 valence electrons. The van der Waals surface area contributed by atoms with Crippen LogP contribution in [-0.4, -0.2) is 52.3 Å². The standard InChI is InChI=1S/C23H25F2N5O2/c1-3-15-10-18-19(28-23(15)32)11-16(12-26-18)14(2)29-6-8-30(9-7-29)20-5-4-17(13-31)27-21(20)22(24)25/h4-5,10-14,22H,3,6-9H2,1-2H3,(H,28,32). The molecule has 32 heavy (non-hydrogen) atoms. The number of carbonyl (C=O) groups is 1. The van der Waals surface area contributed by atoms with E-state index >= 15 is 0 Å². The summed E-state index contributed by atoms with van der Waals surface area (Å²) in [5.41, 5.74) is 3.08. The van der Waals surface area contributed by atoms with E-state index in [0.29, 0.717) is 55.7 Å². The van der Waals surface area contributed by atoms with Crippen LogP contribution in [0.4, 0.5) is 14.5 Å². The molecule has 1 saturated heterocycles. The number of aromatic amines is 1. The number of nitrogens with zero attached hydrogens (tertiary/aromatic N) is 4. The first-order valence-electron chi connectivity index (χ1n) is 10.7. The van der Waals surface area contributed by atoms with Crippen molar-refractivity contribution in [3.8, 4) is 0 Å². The van der Waals surface area contributed by atoms with Gasteiger partial charge in [0.25, 0.3) is 12.0 Å². The van der Waals surface area contributed by atoms with E-state index in [0.717, 1.165) is 11.1 Å². The Morgan fingerprint density at radius 3 is 2.59 bits per heavy atom. The van der Waals surface area contributed by atoms with Gasteiger partial charge in [0.2, 0.25) is 0 Å². The van der Waals surface area contributed by atoms with Crippen molar-refractivity contribution in [1.29, 1.82) is 0 Å². The number of H-pyrrole nitrogens is 1.